The van der Waals surface area contributed by atoms with Crippen LogP contribution in [0.25, 0.3) is 5.69 Å². The van der Waals surface area contributed by atoms with Crippen LogP contribution in [0.15, 0.2) is 107 Å². The Bertz CT molecular complexity index is 1900. The van der Waals surface area contributed by atoms with Crippen molar-refractivity contribution in [3.63, 3.8) is 0 Å². The van der Waals surface area contributed by atoms with Gasteiger partial charge >= 0.3 is 5.91 Å². The number of amides is 1. The highest BCUT2D eigenvalue weighted by atomic mass is 16.6. The van der Waals surface area contributed by atoms with E-state index in [-0.39, 0.29) is 24.7 Å². The topological polar surface area (TPSA) is 130 Å². The number of methoxy groups -OCH3 is 1. The van der Waals surface area contributed by atoms with E-state index in [1.54, 1.807) is 36.4 Å². The van der Waals surface area contributed by atoms with Gasteiger partial charge in [0.25, 0.3) is 5.69 Å². The second-order valence-electron chi connectivity index (χ2n) is 10.6. The van der Waals surface area contributed by atoms with Crippen LogP contribution in [-0.4, -0.2) is 28.7 Å². The van der Waals surface area contributed by atoms with Crippen molar-refractivity contribution in [2.75, 3.05) is 7.11 Å². The summed E-state index contributed by atoms with van der Waals surface area (Å²) >= 11 is 0. The van der Waals surface area contributed by atoms with Crippen LogP contribution in [0.4, 0.5) is 5.69 Å². The Morgan fingerprint density at radius 2 is 1.77 bits per heavy atom. The number of hydrogen-bond donors (Lipinski definition) is 1. The number of hydrazone groups is 1. The van der Waals surface area contributed by atoms with Gasteiger partial charge in [0, 0.05) is 34.8 Å². The minimum Gasteiger partial charge on any atom is -0.493 e. The molecule has 0 spiro atoms. The van der Waals surface area contributed by atoms with Gasteiger partial charge in [0.2, 0.25) is 0 Å². The number of carbonyl (C=O) groups excluding carboxylic acids is 1. The van der Waals surface area contributed by atoms with E-state index in [9.17, 15) is 14.9 Å². The van der Waals surface area contributed by atoms with Crippen LogP contribution in [0.5, 0.6) is 17.2 Å². The first kappa shape index (κ1) is 32.3. The maximum atomic E-state index is 12.7. The molecule has 3 aromatic carbocycles. The summed E-state index contributed by atoms with van der Waals surface area (Å²) in [6.07, 6.45) is 3.66. The Hall–Kier alpha value is -6.10. The second-order valence-corrected chi connectivity index (χ2v) is 10.6. The number of ether oxygens (including phenoxy) is 3. The van der Waals surface area contributed by atoms with E-state index in [2.05, 4.69) is 47.7 Å². The molecular weight excluding hydrogens is 600 g/mol. The summed E-state index contributed by atoms with van der Waals surface area (Å²) in [5, 5.41) is 15.2. The zero-order chi connectivity index (χ0) is 33.3. The van der Waals surface area contributed by atoms with Gasteiger partial charge in [-0.05, 0) is 92.1 Å². The molecule has 1 amide bonds. The molecule has 0 aliphatic heterocycles. The first-order chi connectivity index (χ1) is 22.7. The van der Waals surface area contributed by atoms with E-state index in [0.29, 0.717) is 40.6 Å². The Balaban J connectivity index is 1.18. The third-order valence-corrected chi connectivity index (χ3v) is 7.26. The first-order valence-electron chi connectivity index (χ1n) is 14.7. The molecule has 11 heteroatoms. The van der Waals surface area contributed by atoms with Gasteiger partial charge < -0.3 is 23.2 Å². The lowest BCUT2D eigenvalue weighted by molar-refractivity contribution is -0.384. The predicted octanol–water partition coefficient (Wildman–Crippen LogP) is 7.25. The van der Waals surface area contributed by atoms with Gasteiger partial charge in [0.15, 0.2) is 17.3 Å². The van der Waals surface area contributed by atoms with Gasteiger partial charge in [0.1, 0.15) is 24.7 Å². The summed E-state index contributed by atoms with van der Waals surface area (Å²) in [4.78, 5) is 23.4. The molecule has 5 aromatic rings. The fourth-order valence-corrected chi connectivity index (χ4v) is 5.02. The molecule has 2 heterocycles. The van der Waals surface area contributed by atoms with Gasteiger partial charge in [-0.15, -0.1) is 6.58 Å². The average molecular weight is 635 g/mol. The Kier molecular flexibility index (Phi) is 10.2. The molecular formula is C36H34N4O7. The lowest BCUT2D eigenvalue weighted by Crippen LogP contribution is -2.16. The molecule has 2 aromatic heterocycles. The third kappa shape index (κ3) is 7.95. The van der Waals surface area contributed by atoms with Gasteiger partial charge in [0.05, 0.1) is 18.2 Å². The number of nitro groups is 1. The Morgan fingerprint density at radius 3 is 2.47 bits per heavy atom. The molecule has 0 saturated heterocycles. The number of nitrogens with one attached hydrogen (secondary N) is 1. The van der Waals surface area contributed by atoms with Crippen molar-refractivity contribution in [3.8, 4) is 22.9 Å². The van der Waals surface area contributed by atoms with Crippen molar-refractivity contribution in [2.45, 2.75) is 33.5 Å². The second kappa shape index (κ2) is 14.8. The fraction of sp³-hybridized carbons (Fsp3) is 0.167. The quantitative estimate of drug-likeness (QED) is 0.0589. The van der Waals surface area contributed by atoms with E-state index in [1.807, 2.05) is 30.3 Å². The monoisotopic (exact) mass is 634 g/mol. The SMILES string of the molecule is C=CCc1cc(/C=N/NC(=O)c2ccc(COc3ccc(-n4c(C)ccc4C)cc3)o2)cc(OC)c1OCc1cccc([N+](=O)[O-])c1. The molecule has 0 unspecified atom stereocenters. The van der Waals surface area contributed by atoms with Crippen LogP contribution in [0, 0.1) is 24.0 Å². The number of aryl methyl sites for hydroxylation is 2. The average Bonchev–Trinajstić information content (AvgIpc) is 3.69. The third-order valence-electron chi connectivity index (χ3n) is 7.26. The molecule has 5 rings (SSSR count). The number of benzene rings is 3. The summed E-state index contributed by atoms with van der Waals surface area (Å²) in [5.41, 5.74) is 7.85. The van der Waals surface area contributed by atoms with Crippen LogP contribution >= 0.6 is 0 Å². The summed E-state index contributed by atoms with van der Waals surface area (Å²) in [6, 6.07) is 24.9. The van der Waals surface area contributed by atoms with Crippen molar-refractivity contribution in [1.29, 1.82) is 0 Å². The van der Waals surface area contributed by atoms with Crippen molar-refractivity contribution < 1.29 is 28.3 Å². The molecule has 0 radical (unpaired) electrons. The smallest absolute Gasteiger partial charge is 0.307 e. The van der Waals surface area contributed by atoms with Gasteiger partial charge in [-0.1, -0.05) is 18.2 Å². The highest BCUT2D eigenvalue weighted by molar-refractivity contribution is 5.92. The standard InChI is InChI=1S/C36H34N4O7/c1-5-7-28-18-27(20-34(44-4)35(28)46-22-26-8-6-9-30(19-26)40(42)43)21-37-38-36(41)33-17-16-32(47-33)23-45-31-14-12-29(13-15-31)39-24(2)10-11-25(39)3/h5-6,8-21H,1,7,22-23H2,2-4H3,(H,38,41)/b37-21+. The molecule has 0 aliphatic carbocycles. The number of carbonyl (C=O) groups is 1. The Labute approximate surface area is 271 Å². The fourth-order valence-electron chi connectivity index (χ4n) is 5.02. The van der Waals surface area contributed by atoms with Crippen molar-refractivity contribution in [3.05, 3.63) is 147 Å². The van der Waals surface area contributed by atoms with Crippen molar-refractivity contribution >= 4 is 17.8 Å². The maximum Gasteiger partial charge on any atom is 0.307 e. The minimum atomic E-state index is -0.524. The van der Waals surface area contributed by atoms with Crippen LogP contribution in [-0.2, 0) is 19.6 Å². The van der Waals surface area contributed by atoms with Gasteiger partial charge in [-0.2, -0.15) is 5.10 Å². The van der Waals surface area contributed by atoms with Crippen molar-refractivity contribution in [2.24, 2.45) is 5.10 Å². The normalized spacial score (nSPS) is 11.0. The number of hydrogen-bond acceptors (Lipinski definition) is 8. The lowest BCUT2D eigenvalue weighted by atomic mass is 10.1. The molecule has 47 heavy (non-hydrogen) atoms. The van der Waals surface area contributed by atoms with Gasteiger partial charge in [-0.3, -0.25) is 14.9 Å². The van der Waals surface area contributed by atoms with Crippen LogP contribution in [0.3, 0.4) is 0 Å². The molecule has 240 valence electrons. The van der Waals surface area contributed by atoms with E-state index in [1.165, 1.54) is 25.5 Å². The summed E-state index contributed by atoms with van der Waals surface area (Å²) in [6.45, 7) is 8.19. The minimum absolute atomic E-state index is 0.0166. The predicted molar refractivity (Wildman–Crippen MR) is 178 cm³/mol. The first-order valence-corrected chi connectivity index (χ1v) is 14.7. The van der Waals surface area contributed by atoms with Crippen molar-refractivity contribution in [1.82, 2.24) is 9.99 Å². The number of allylic oxidation sites excluding steroid dienone is 1. The Morgan fingerprint density at radius 1 is 1.00 bits per heavy atom. The molecule has 0 saturated carbocycles. The van der Waals surface area contributed by atoms with Crippen LogP contribution in [0.2, 0.25) is 0 Å². The number of furan rings is 1. The number of aromatic nitrogens is 1. The summed E-state index contributed by atoms with van der Waals surface area (Å²) < 4.78 is 25.3. The summed E-state index contributed by atoms with van der Waals surface area (Å²) in [5.74, 6) is 1.64. The molecule has 0 bridgehead atoms. The van der Waals surface area contributed by atoms with E-state index >= 15 is 0 Å². The molecule has 0 aliphatic rings. The number of nitrogens with zero attached hydrogens (tertiary/aromatic N) is 3. The number of nitro benzene ring substituents is 1. The zero-order valence-corrected chi connectivity index (χ0v) is 26.3. The van der Waals surface area contributed by atoms with E-state index in [0.717, 1.165) is 22.6 Å². The highest BCUT2D eigenvalue weighted by Gasteiger charge is 2.15. The highest BCUT2D eigenvalue weighted by Crippen LogP contribution is 2.34. The van der Waals surface area contributed by atoms with E-state index in [4.69, 9.17) is 18.6 Å². The largest absolute Gasteiger partial charge is 0.493 e. The van der Waals surface area contributed by atoms with Crippen LogP contribution in [0.1, 0.15) is 44.4 Å². The molecule has 11 nitrogen and oxygen atoms in total. The number of rotatable bonds is 14. The lowest BCUT2D eigenvalue weighted by Gasteiger charge is -2.16. The van der Waals surface area contributed by atoms with E-state index < -0.39 is 10.8 Å². The molecule has 0 atom stereocenters. The maximum absolute atomic E-state index is 12.7. The summed E-state index contributed by atoms with van der Waals surface area (Å²) in [7, 11) is 1.51. The molecule has 0 fully saturated rings. The zero-order valence-electron chi connectivity index (χ0n) is 26.3. The van der Waals surface area contributed by atoms with Crippen LogP contribution < -0.4 is 19.6 Å². The number of non-ortho nitro benzene ring substituents is 1. The molecule has 1 N–H and O–H groups in total. The van der Waals surface area contributed by atoms with Gasteiger partial charge in [-0.25, -0.2) is 5.43 Å².